The molecule has 0 aliphatic carbocycles. The molecule has 6 heteroatoms. The number of hydrogen-bond donors (Lipinski definition) is 2. The normalized spacial score (nSPS) is 16.8. The first-order chi connectivity index (χ1) is 16.0. The zero-order chi connectivity index (χ0) is 23.2. The SMILES string of the molecule is CCCC1CCCCN1CCCNC(=O)c1ccc2cn(Cc3cccc(Br)c3)c(O)c2c1. The molecular formula is C27H34BrN3O2. The Morgan fingerprint density at radius 3 is 2.91 bits per heavy atom. The Morgan fingerprint density at radius 1 is 1.21 bits per heavy atom. The van der Waals surface area contributed by atoms with Crippen LogP contribution in [0.15, 0.2) is 53.1 Å². The number of likely N-dealkylation sites (tertiary alicyclic amines) is 1. The van der Waals surface area contributed by atoms with Gasteiger partial charge in [-0.05, 0) is 62.1 Å². The Morgan fingerprint density at radius 2 is 2.09 bits per heavy atom. The quantitative estimate of drug-likeness (QED) is 0.350. The molecule has 2 heterocycles. The van der Waals surface area contributed by atoms with Gasteiger partial charge in [-0.25, -0.2) is 0 Å². The van der Waals surface area contributed by atoms with E-state index in [1.807, 2.05) is 47.2 Å². The van der Waals surface area contributed by atoms with E-state index in [1.54, 1.807) is 6.07 Å². The number of hydrogen-bond acceptors (Lipinski definition) is 3. The summed E-state index contributed by atoms with van der Waals surface area (Å²) >= 11 is 3.49. The average Bonchev–Trinajstić information content (AvgIpc) is 3.12. The smallest absolute Gasteiger partial charge is 0.251 e. The van der Waals surface area contributed by atoms with Crippen LogP contribution in [0.3, 0.4) is 0 Å². The molecule has 5 nitrogen and oxygen atoms in total. The first-order valence-corrected chi connectivity index (χ1v) is 12.9. The van der Waals surface area contributed by atoms with Crippen molar-refractivity contribution in [3.05, 3.63) is 64.3 Å². The second-order valence-corrected chi connectivity index (χ2v) is 10.0. The van der Waals surface area contributed by atoms with E-state index in [0.29, 0.717) is 30.1 Å². The maximum absolute atomic E-state index is 12.7. The van der Waals surface area contributed by atoms with Crippen molar-refractivity contribution >= 4 is 32.6 Å². The number of fused-ring (bicyclic) bond motifs is 1. The van der Waals surface area contributed by atoms with Gasteiger partial charge >= 0.3 is 0 Å². The summed E-state index contributed by atoms with van der Waals surface area (Å²) in [6.07, 6.45) is 9.34. The molecule has 0 spiro atoms. The van der Waals surface area contributed by atoms with Gasteiger partial charge in [-0.2, -0.15) is 0 Å². The Kier molecular flexibility index (Phi) is 8.10. The molecule has 0 radical (unpaired) electrons. The molecule has 176 valence electrons. The van der Waals surface area contributed by atoms with Gasteiger partial charge in [0.2, 0.25) is 0 Å². The fourth-order valence-corrected chi connectivity index (χ4v) is 5.39. The molecule has 4 rings (SSSR count). The predicted molar refractivity (Wildman–Crippen MR) is 138 cm³/mol. The fraction of sp³-hybridized carbons (Fsp3) is 0.444. The number of piperidine rings is 1. The summed E-state index contributed by atoms with van der Waals surface area (Å²) in [4.78, 5) is 15.3. The number of aromatic nitrogens is 1. The number of amides is 1. The highest BCUT2D eigenvalue weighted by Gasteiger charge is 2.21. The van der Waals surface area contributed by atoms with E-state index in [-0.39, 0.29) is 11.8 Å². The van der Waals surface area contributed by atoms with Crippen molar-refractivity contribution < 1.29 is 9.90 Å². The molecule has 0 saturated carbocycles. The van der Waals surface area contributed by atoms with Crippen molar-refractivity contribution in [1.82, 2.24) is 14.8 Å². The molecule has 1 fully saturated rings. The van der Waals surface area contributed by atoms with Crippen molar-refractivity contribution in [2.45, 2.75) is 58.0 Å². The Bertz CT molecular complexity index is 1090. The lowest BCUT2D eigenvalue weighted by molar-refractivity contribution is 0.0947. The third-order valence-electron chi connectivity index (χ3n) is 6.64. The summed E-state index contributed by atoms with van der Waals surface area (Å²) in [5.74, 6) is 0.103. The van der Waals surface area contributed by atoms with Crippen molar-refractivity contribution in [1.29, 1.82) is 0 Å². The van der Waals surface area contributed by atoms with Crippen LogP contribution >= 0.6 is 15.9 Å². The third kappa shape index (κ3) is 5.98. The molecule has 1 saturated heterocycles. The predicted octanol–water partition coefficient (Wildman–Crippen LogP) is 5.93. The number of carbonyl (C=O) groups is 1. The van der Waals surface area contributed by atoms with E-state index < -0.39 is 0 Å². The third-order valence-corrected chi connectivity index (χ3v) is 7.14. The molecule has 2 N–H and O–H groups in total. The minimum atomic E-state index is -0.0835. The number of rotatable bonds is 9. The van der Waals surface area contributed by atoms with E-state index in [1.165, 1.54) is 38.6 Å². The van der Waals surface area contributed by atoms with Crippen molar-refractivity contribution in [2.75, 3.05) is 19.6 Å². The number of nitrogens with one attached hydrogen (secondary N) is 1. The molecule has 1 aromatic heterocycles. The van der Waals surface area contributed by atoms with E-state index in [0.717, 1.165) is 28.4 Å². The first-order valence-electron chi connectivity index (χ1n) is 12.1. The average molecular weight is 512 g/mol. The molecule has 1 aliphatic rings. The van der Waals surface area contributed by atoms with E-state index >= 15 is 0 Å². The van der Waals surface area contributed by atoms with Gasteiger partial charge in [0.05, 0.1) is 6.54 Å². The van der Waals surface area contributed by atoms with Crippen LogP contribution in [0, 0.1) is 0 Å². The zero-order valence-corrected chi connectivity index (χ0v) is 21.0. The Labute approximate surface area is 204 Å². The highest BCUT2D eigenvalue weighted by Crippen LogP contribution is 2.29. The number of benzene rings is 2. The van der Waals surface area contributed by atoms with E-state index in [2.05, 4.69) is 33.1 Å². The minimum Gasteiger partial charge on any atom is -0.494 e. The maximum Gasteiger partial charge on any atom is 0.251 e. The summed E-state index contributed by atoms with van der Waals surface area (Å²) in [6.45, 7) is 5.73. The van der Waals surface area contributed by atoms with Crippen LogP contribution in [-0.4, -0.2) is 46.2 Å². The van der Waals surface area contributed by atoms with Crippen LogP contribution in [0.5, 0.6) is 5.88 Å². The molecule has 1 atom stereocenters. The van der Waals surface area contributed by atoms with Gasteiger partial charge in [-0.1, -0.05) is 53.9 Å². The second-order valence-electron chi connectivity index (χ2n) is 9.10. The van der Waals surface area contributed by atoms with Gasteiger partial charge in [0, 0.05) is 46.1 Å². The van der Waals surface area contributed by atoms with Gasteiger partial charge in [0.15, 0.2) is 5.88 Å². The summed E-state index contributed by atoms with van der Waals surface area (Å²) in [5, 5.41) is 15.5. The standard InChI is InChI=1S/C27H34BrN3O2/c1-2-7-24-10-3-4-14-30(24)15-6-13-29-26(32)21-11-12-22-19-31(27(33)25(22)17-21)18-20-8-5-9-23(28)16-20/h5,8-9,11-12,16-17,19,24,33H,2-4,6-7,10,13-15,18H2,1H3,(H,29,32). The van der Waals surface area contributed by atoms with Crippen molar-refractivity contribution in [3.8, 4) is 5.88 Å². The molecule has 2 aromatic carbocycles. The number of aromatic hydroxyl groups is 1. The fourth-order valence-electron chi connectivity index (χ4n) is 4.94. The molecule has 1 unspecified atom stereocenters. The van der Waals surface area contributed by atoms with Crippen molar-refractivity contribution in [2.24, 2.45) is 0 Å². The van der Waals surface area contributed by atoms with Crippen LogP contribution in [0.25, 0.3) is 10.8 Å². The van der Waals surface area contributed by atoms with Crippen LogP contribution in [0.2, 0.25) is 0 Å². The number of halogens is 1. The number of nitrogens with zero attached hydrogens (tertiary/aromatic N) is 2. The highest BCUT2D eigenvalue weighted by atomic mass is 79.9. The molecule has 33 heavy (non-hydrogen) atoms. The minimum absolute atomic E-state index is 0.0835. The summed E-state index contributed by atoms with van der Waals surface area (Å²) in [6, 6.07) is 14.3. The Balaban J connectivity index is 1.35. The maximum atomic E-state index is 12.7. The summed E-state index contributed by atoms with van der Waals surface area (Å²) < 4.78 is 2.83. The summed E-state index contributed by atoms with van der Waals surface area (Å²) in [7, 11) is 0. The largest absolute Gasteiger partial charge is 0.494 e. The van der Waals surface area contributed by atoms with Crippen LogP contribution in [-0.2, 0) is 6.54 Å². The summed E-state index contributed by atoms with van der Waals surface area (Å²) in [5.41, 5.74) is 1.67. The topological polar surface area (TPSA) is 57.5 Å². The second kappa shape index (κ2) is 11.2. The lowest BCUT2D eigenvalue weighted by Crippen LogP contribution is -2.41. The van der Waals surface area contributed by atoms with Gasteiger partial charge in [-0.15, -0.1) is 0 Å². The molecule has 1 aliphatic heterocycles. The highest BCUT2D eigenvalue weighted by molar-refractivity contribution is 9.10. The lowest BCUT2D eigenvalue weighted by Gasteiger charge is -2.35. The van der Waals surface area contributed by atoms with Gasteiger partial charge in [0.25, 0.3) is 5.91 Å². The zero-order valence-electron chi connectivity index (χ0n) is 19.4. The first kappa shape index (κ1) is 23.8. The van der Waals surface area contributed by atoms with E-state index in [4.69, 9.17) is 0 Å². The number of carbonyl (C=O) groups excluding carboxylic acids is 1. The van der Waals surface area contributed by atoms with Gasteiger partial charge < -0.3 is 19.9 Å². The van der Waals surface area contributed by atoms with E-state index in [9.17, 15) is 9.90 Å². The molecule has 1 amide bonds. The van der Waals surface area contributed by atoms with Crippen LogP contribution in [0.1, 0.15) is 61.4 Å². The van der Waals surface area contributed by atoms with Crippen molar-refractivity contribution in [3.63, 3.8) is 0 Å². The van der Waals surface area contributed by atoms with Gasteiger partial charge in [0.1, 0.15) is 0 Å². The Hall–Kier alpha value is -2.31. The molecule has 0 bridgehead atoms. The lowest BCUT2D eigenvalue weighted by atomic mass is 9.98. The van der Waals surface area contributed by atoms with Crippen LogP contribution < -0.4 is 5.32 Å². The molecular weight excluding hydrogens is 478 g/mol. The monoisotopic (exact) mass is 511 g/mol. The van der Waals surface area contributed by atoms with Gasteiger partial charge in [-0.3, -0.25) is 4.79 Å². The molecule has 3 aromatic rings. The van der Waals surface area contributed by atoms with Crippen LogP contribution in [0.4, 0.5) is 0 Å².